The number of aromatic hydroxyl groups is 1. The predicted molar refractivity (Wildman–Crippen MR) is 66.2 cm³/mol. The molecule has 2 rings (SSSR count). The molecule has 0 bridgehead atoms. The normalized spacial score (nSPS) is 11.0. The third-order valence-electron chi connectivity index (χ3n) is 2.70. The highest BCUT2D eigenvalue weighted by atomic mass is 79.9. The Morgan fingerprint density at radius 1 is 1.38 bits per heavy atom. The molecule has 4 heteroatoms. The van der Waals surface area contributed by atoms with Crippen LogP contribution in [0.1, 0.15) is 18.1 Å². The molecule has 1 aromatic heterocycles. The van der Waals surface area contributed by atoms with E-state index >= 15 is 0 Å². The van der Waals surface area contributed by atoms with Gasteiger partial charge in [0.15, 0.2) is 0 Å². The molecule has 0 radical (unpaired) electrons. The summed E-state index contributed by atoms with van der Waals surface area (Å²) in [5.41, 5.74) is 2.50. The Morgan fingerprint density at radius 2 is 2.06 bits per heavy atom. The summed E-state index contributed by atoms with van der Waals surface area (Å²) in [6.07, 6.45) is 0. The summed E-state index contributed by atoms with van der Waals surface area (Å²) in [7, 11) is 0. The molecule has 0 saturated heterocycles. The van der Waals surface area contributed by atoms with Crippen molar-refractivity contribution >= 4 is 26.9 Å². The molecule has 0 spiro atoms. The lowest BCUT2D eigenvalue weighted by atomic mass is 10.1. The number of phenols is 1. The standard InChI is InChI=1S/C12H13BrO3/c1-4-15-9-5-8-10(13)11(14)6(2)7(3)12(8)16-9/h5,14H,4H2,1-3H3. The number of hydrogen-bond acceptors (Lipinski definition) is 3. The minimum absolute atomic E-state index is 0.258. The number of benzene rings is 1. The van der Waals surface area contributed by atoms with Gasteiger partial charge < -0.3 is 14.3 Å². The Hall–Kier alpha value is -1.16. The lowest BCUT2D eigenvalue weighted by Crippen LogP contribution is -1.87. The molecule has 1 aromatic carbocycles. The molecule has 1 heterocycles. The number of aryl methyl sites for hydroxylation is 1. The van der Waals surface area contributed by atoms with E-state index in [1.807, 2.05) is 20.8 Å². The van der Waals surface area contributed by atoms with Gasteiger partial charge in [0.2, 0.25) is 0 Å². The first-order valence-electron chi connectivity index (χ1n) is 5.10. The lowest BCUT2D eigenvalue weighted by Gasteiger charge is -2.06. The Morgan fingerprint density at radius 3 is 2.69 bits per heavy atom. The number of hydrogen-bond donors (Lipinski definition) is 1. The number of fused-ring (bicyclic) bond motifs is 1. The van der Waals surface area contributed by atoms with Gasteiger partial charge in [0.25, 0.3) is 5.95 Å². The molecular weight excluding hydrogens is 272 g/mol. The van der Waals surface area contributed by atoms with E-state index in [1.165, 1.54) is 0 Å². The number of ether oxygens (including phenoxy) is 1. The summed E-state index contributed by atoms with van der Waals surface area (Å²) in [6, 6.07) is 1.79. The molecule has 0 unspecified atom stereocenters. The lowest BCUT2D eigenvalue weighted by molar-refractivity contribution is 0.265. The molecule has 3 nitrogen and oxygen atoms in total. The van der Waals surface area contributed by atoms with Crippen LogP contribution in [-0.2, 0) is 0 Å². The quantitative estimate of drug-likeness (QED) is 0.909. The van der Waals surface area contributed by atoms with Gasteiger partial charge in [-0.2, -0.15) is 0 Å². The highest BCUT2D eigenvalue weighted by Gasteiger charge is 2.16. The van der Waals surface area contributed by atoms with Crippen LogP contribution in [0.5, 0.6) is 11.7 Å². The van der Waals surface area contributed by atoms with Crippen LogP contribution in [0.4, 0.5) is 0 Å². The third-order valence-corrected chi connectivity index (χ3v) is 3.50. The largest absolute Gasteiger partial charge is 0.506 e. The molecule has 0 saturated carbocycles. The zero-order chi connectivity index (χ0) is 11.9. The van der Waals surface area contributed by atoms with Crippen LogP contribution < -0.4 is 4.74 Å². The molecule has 0 aliphatic heterocycles. The van der Waals surface area contributed by atoms with Gasteiger partial charge in [-0.15, -0.1) is 0 Å². The van der Waals surface area contributed by atoms with Crippen molar-refractivity contribution in [2.45, 2.75) is 20.8 Å². The summed E-state index contributed by atoms with van der Waals surface area (Å²) >= 11 is 3.36. The molecule has 1 N–H and O–H groups in total. The highest BCUT2D eigenvalue weighted by molar-refractivity contribution is 9.10. The first-order chi connectivity index (χ1) is 7.56. The van der Waals surface area contributed by atoms with E-state index in [4.69, 9.17) is 9.15 Å². The molecule has 0 fully saturated rings. The average molecular weight is 285 g/mol. The van der Waals surface area contributed by atoms with E-state index in [-0.39, 0.29) is 5.75 Å². The monoisotopic (exact) mass is 284 g/mol. The summed E-state index contributed by atoms with van der Waals surface area (Å²) < 4.78 is 11.6. The minimum Gasteiger partial charge on any atom is -0.506 e. The van der Waals surface area contributed by atoms with Crippen LogP contribution in [0, 0.1) is 13.8 Å². The fraction of sp³-hybridized carbons (Fsp3) is 0.333. The Kier molecular flexibility index (Phi) is 2.84. The van der Waals surface area contributed by atoms with Crippen LogP contribution in [0.25, 0.3) is 11.0 Å². The van der Waals surface area contributed by atoms with Gasteiger partial charge in [0.05, 0.1) is 11.1 Å². The smallest absolute Gasteiger partial charge is 0.285 e. The number of furan rings is 1. The first kappa shape index (κ1) is 11.3. The molecule has 0 amide bonds. The van der Waals surface area contributed by atoms with Gasteiger partial charge in [-0.3, -0.25) is 0 Å². The van der Waals surface area contributed by atoms with E-state index in [0.717, 1.165) is 22.1 Å². The summed E-state index contributed by atoms with van der Waals surface area (Å²) in [5.74, 6) is 0.736. The molecule has 16 heavy (non-hydrogen) atoms. The number of rotatable bonds is 2. The SMILES string of the molecule is CCOc1cc2c(Br)c(O)c(C)c(C)c2o1. The van der Waals surface area contributed by atoms with Gasteiger partial charge in [-0.05, 0) is 47.8 Å². The van der Waals surface area contributed by atoms with E-state index < -0.39 is 0 Å². The van der Waals surface area contributed by atoms with Gasteiger partial charge in [0, 0.05) is 11.5 Å². The molecule has 0 aliphatic carbocycles. The van der Waals surface area contributed by atoms with Crippen LogP contribution in [0.15, 0.2) is 15.0 Å². The maximum atomic E-state index is 9.89. The fourth-order valence-electron chi connectivity index (χ4n) is 1.66. The maximum absolute atomic E-state index is 9.89. The van der Waals surface area contributed by atoms with Crippen LogP contribution in [0.2, 0.25) is 0 Å². The Balaban J connectivity index is 2.76. The summed E-state index contributed by atoms with van der Waals surface area (Å²) in [5, 5.41) is 10.7. The Labute approximate surface area is 102 Å². The predicted octanol–water partition coefficient (Wildman–Crippen LogP) is 3.92. The molecule has 86 valence electrons. The van der Waals surface area contributed by atoms with Crippen molar-refractivity contribution in [3.63, 3.8) is 0 Å². The van der Waals surface area contributed by atoms with Crippen LogP contribution in [0.3, 0.4) is 0 Å². The first-order valence-corrected chi connectivity index (χ1v) is 5.89. The maximum Gasteiger partial charge on any atom is 0.285 e. The summed E-state index contributed by atoms with van der Waals surface area (Å²) in [6.45, 7) is 6.24. The Bertz CT molecular complexity index is 498. The second kappa shape index (κ2) is 4.01. The van der Waals surface area contributed by atoms with Crippen LogP contribution in [-0.4, -0.2) is 11.7 Å². The van der Waals surface area contributed by atoms with Gasteiger partial charge in [0.1, 0.15) is 11.3 Å². The zero-order valence-electron chi connectivity index (χ0n) is 9.43. The van der Waals surface area contributed by atoms with E-state index in [1.54, 1.807) is 6.07 Å². The molecule has 0 aliphatic rings. The van der Waals surface area contributed by atoms with Crippen molar-refractivity contribution in [3.8, 4) is 11.7 Å². The van der Waals surface area contributed by atoms with Crippen molar-refractivity contribution in [2.75, 3.05) is 6.61 Å². The van der Waals surface area contributed by atoms with Gasteiger partial charge in [-0.25, -0.2) is 0 Å². The molecular formula is C12H13BrO3. The fourth-order valence-corrected chi connectivity index (χ4v) is 2.26. The second-order valence-electron chi connectivity index (χ2n) is 3.65. The third kappa shape index (κ3) is 1.57. The van der Waals surface area contributed by atoms with Gasteiger partial charge >= 0.3 is 0 Å². The topological polar surface area (TPSA) is 42.6 Å². The van der Waals surface area contributed by atoms with Crippen LogP contribution >= 0.6 is 15.9 Å². The van der Waals surface area contributed by atoms with Crippen molar-refractivity contribution in [3.05, 3.63) is 21.7 Å². The van der Waals surface area contributed by atoms with Crippen molar-refractivity contribution in [1.29, 1.82) is 0 Å². The van der Waals surface area contributed by atoms with Crippen molar-refractivity contribution in [1.82, 2.24) is 0 Å². The number of phenolic OH excluding ortho intramolecular Hbond substituents is 1. The average Bonchev–Trinajstić information content (AvgIpc) is 2.68. The highest BCUT2D eigenvalue weighted by Crippen LogP contribution is 2.41. The number of halogens is 1. The second-order valence-corrected chi connectivity index (χ2v) is 4.45. The zero-order valence-corrected chi connectivity index (χ0v) is 11.0. The minimum atomic E-state index is 0.258. The van der Waals surface area contributed by atoms with E-state index in [2.05, 4.69) is 15.9 Å². The summed E-state index contributed by atoms with van der Waals surface area (Å²) in [4.78, 5) is 0. The van der Waals surface area contributed by atoms with Crippen molar-refractivity contribution in [2.24, 2.45) is 0 Å². The van der Waals surface area contributed by atoms with E-state index in [0.29, 0.717) is 17.0 Å². The molecule has 0 atom stereocenters. The van der Waals surface area contributed by atoms with E-state index in [9.17, 15) is 5.11 Å². The van der Waals surface area contributed by atoms with Crippen molar-refractivity contribution < 1.29 is 14.3 Å². The molecule has 2 aromatic rings. The van der Waals surface area contributed by atoms with Gasteiger partial charge in [-0.1, -0.05) is 0 Å².